The highest BCUT2D eigenvalue weighted by Crippen LogP contribution is 2.26. The number of rotatable bonds is 4. The van der Waals surface area contributed by atoms with Gasteiger partial charge in [-0.1, -0.05) is 20.8 Å². The maximum atomic E-state index is 12.5. The van der Waals surface area contributed by atoms with Gasteiger partial charge in [-0.15, -0.1) is 0 Å². The van der Waals surface area contributed by atoms with Gasteiger partial charge in [0.1, 0.15) is 6.04 Å². The normalized spacial score (nSPS) is 13.4. The van der Waals surface area contributed by atoms with E-state index in [0.717, 1.165) is 18.8 Å². The third kappa shape index (κ3) is 3.26. The van der Waals surface area contributed by atoms with Crippen LogP contribution in [0.4, 0.5) is 0 Å². The van der Waals surface area contributed by atoms with E-state index in [0.29, 0.717) is 4.77 Å². The van der Waals surface area contributed by atoms with Gasteiger partial charge in [-0.25, -0.2) is 0 Å². The van der Waals surface area contributed by atoms with E-state index in [2.05, 4.69) is 25.8 Å². The lowest BCUT2D eigenvalue weighted by atomic mass is 9.92. The van der Waals surface area contributed by atoms with Crippen LogP contribution in [0.5, 0.6) is 0 Å². The number of imidazole rings is 1. The maximum Gasteiger partial charge on any atom is 0.245 e. The van der Waals surface area contributed by atoms with E-state index in [1.54, 1.807) is 0 Å². The Kier molecular flexibility index (Phi) is 4.96. The highest BCUT2D eigenvalue weighted by Gasteiger charge is 2.27. The summed E-state index contributed by atoms with van der Waals surface area (Å²) in [5.74, 6) is 0.117. The fourth-order valence-corrected chi connectivity index (χ4v) is 2.57. The van der Waals surface area contributed by atoms with Gasteiger partial charge in [0.15, 0.2) is 4.77 Å². The minimum atomic E-state index is -0.270. The Balaban J connectivity index is 3.20. The molecule has 0 fully saturated rings. The molecule has 0 aliphatic heterocycles. The monoisotopic (exact) mass is 283 g/mol. The van der Waals surface area contributed by atoms with Gasteiger partial charge < -0.3 is 14.5 Å². The highest BCUT2D eigenvalue weighted by atomic mass is 32.1. The number of nitrogens with one attached hydrogen (secondary N) is 1. The van der Waals surface area contributed by atoms with Crippen molar-refractivity contribution in [2.75, 3.05) is 13.1 Å². The summed E-state index contributed by atoms with van der Waals surface area (Å²) in [5, 5.41) is 0. The SMILES string of the molecule is CCN(CC)C(=O)C(C)n1c(C(C)(C)C)c[nH]c1=S. The molecule has 1 unspecified atom stereocenters. The van der Waals surface area contributed by atoms with Crippen LogP contribution in [0.15, 0.2) is 6.20 Å². The predicted octanol–water partition coefficient (Wildman–Crippen LogP) is 3.27. The number of hydrogen-bond acceptors (Lipinski definition) is 2. The molecular weight excluding hydrogens is 258 g/mol. The third-order valence-corrected chi connectivity index (χ3v) is 3.71. The van der Waals surface area contributed by atoms with Crippen molar-refractivity contribution in [2.45, 2.75) is 53.0 Å². The lowest BCUT2D eigenvalue weighted by Crippen LogP contribution is -2.37. The Morgan fingerprint density at radius 1 is 1.42 bits per heavy atom. The summed E-state index contributed by atoms with van der Waals surface area (Å²) in [5.41, 5.74) is 1.01. The molecule has 0 aromatic carbocycles. The molecule has 0 radical (unpaired) electrons. The summed E-state index contributed by atoms with van der Waals surface area (Å²) in [6.45, 7) is 13.7. The number of amides is 1. The second-order valence-corrected chi connectivity index (χ2v) is 6.17. The molecule has 1 heterocycles. The molecule has 1 N–H and O–H groups in total. The number of aromatic amines is 1. The lowest BCUT2D eigenvalue weighted by Gasteiger charge is -2.28. The number of H-pyrrole nitrogens is 1. The van der Waals surface area contributed by atoms with Gasteiger partial charge in [-0.3, -0.25) is 4.79 Å². The van der Waals surface area contributed by atoms with E-state index in [1.165, 1.54) is 0 Å². The Morgan fingerprint density at radius 3 is 2.37 bits per heavy atom. The van der Waals surface area contributed by atoms with Crippen LogP contribution in [-0.4, -0.2) is 33.4 Å². The van der Waals surface area contributed by atoms with Crippen molar-refractivity contribution in [1.82, 2.24) is 14.5 Å². The molecule has 5 heteroatoms. The molecule has 1 aromatic heterocycles. The summed E-state index contributed by atoms with van der Waals surface area (Å²) < 4.78 is 2.55. The molecular formula is C14H25N3OS. The van der Waals surface area contributed by atoms with Crippen molar-refractivity contribution in [3.63, 3.8) is 0 Å². The van der Waals surface area contributed by atoms with Gasteiger partial charge in [0.2, 0.25) is 5.91 Å². The highest BCUT2D eigenvalue weighted by molar-refractivity contribution is 7.71. The van der Waals surface area contributed by atoms with E-state index in [9.17, 15) is 4.79 Å². The van der Waals surface area contributed by atoms with Crippen LogP contribution >= 0.6 is 12.2 Å². The molecule has 0 spiro atoms. The van der Waals surface area contributed by atoms with Crippen LogP contribution in [0.1, 0.15) is 53.3 Å². The first-order valence-electron chi connectivity index (χ1n) is 6.83. The van der Waals surface area contributed by atoms with Crippen LogP contribution in [0, 0.1) is 4.77 Å². The van der Waals surface area contributed by atoms with Gasteiger partial charge in [0.25, 0.3) is 0 Å². The third-order valence-electron chi connectivity index (χ3n) is 3.40. The Bertz CT molecular complexity index is 492. The number of hydrogen-bond donors (Lipinski definition) is 1. The molecule has 19 heavy (non-hydrogen) atoms. The summed E-state index contributed by atoms with van der Waals surface area (Å²) in [6, 6.07) is -0.270. The molecule has 1 rings (SSSR count). The van der Waals surface area contributed by atoms with E-state index in [-0.39, 0.29) is 17.4 Å². The van der Waals surface area contributed by atoms with Crippen LogP contribution in [-0.2, 0) is 10.2 Å². The number of carbonyl (C=O) groups is 1. The summed E-state index contributed by atoms with van der Waals surface area (Å²) in [6.07, 6.45) is 1.91. The number of likely N-dealkylation sites (N-methyl/N-ethyl adjacent to an activating group) is 1. The van der Waals surface area contributed by atoms with Crippen LogP contribution in [0.3, 0.4) is 0 Å². The Labute approximate surface area is 120 Å². The van der Waals surface area contributed by atoms with Crippen molar-refractivity contribution in [3.05, 3.63) is 16.7 Å². The molecule has 0 saturated carbocycles. The number of carbonyl (C=O) groups excluding carboxylic acids is 1. The molecule has 0 aliphatic carbocycles. The molecule has 0 bridgehead atoms. The molecule has 108 valence electrons. The molecule has 4 nitrogen and oxygen atoms in total. The summed E-state index contributed by atoms with van der Waals surface area (Å²) in [4.78, 5) is 17.4. The quantitative estimate of drug-likeness (QED) is 0.862. The van der Waals surface area contributed by atoms with Crippen LogP contribution in [0.2, 0.25) is 0 Å². The topological polar surface area (TPSA) is 41.0 Å². The van der Waals surface area contributed by atoms with Crippen molar-refractivity contribution in [1.29, 1.82) is 0 Å². The largest absolute Gasteiger partial charge is 0.341 e. The van der Waals surface area contributed by atoms with Gasteiger partial charge in [-0.05, 0) is 33.0 Å². The van der Waals surface area contributed by atoms with E-state index in [4.69, 9.17) is 12.2 Å². The van der Waals surface area contributed by atoms with Gasteiger partial charge in [-0.2, -0.15) is 0 Å². The number of aromatic nitrogens is 2. The molecule has 1 aromatic rings. The van der Waals surface area contributed by atoms with Crippen molar-refractivity contribution >= 4 is 18.1 Å². The smallest absolute Gasteiger partial charge is 0.245 e. The second-order valence-electron chi connectivity index (χ2n) is 5.79. The van der Waals surface area contributed by atoms with E-state index >= 15 is 0 Å². The van der Waals surface area contributed by atoms with Crippen molar-refractivity contribution in [2.24, 2.45) is 0 Å². The van der Waals surface area contributed by atoms with E-state index in [1.807, 2.05) is 36.4 Å². The minimum absolute atomic E-state index is 0.0502. The molecule has 0 aliphatic rings. The van der Waals surface area contributed by atoms with Gasteiger partial charge >= 0.3 is 0 Å². The Hall–Kier alpha value is -1.10. The summed E-state index contributed by atoms with van der Waals surface area (Å²) in [7, 11) is 0. The van der Waals surface area contributed by atoms with Crippen molar-refractivity contribution < 1.29 is 4.79 Å². The predicted molar refractivity (Wildman–Crippen MR) is 81.0 cm³/mol. The van der Waals surface area contributed by atoms with Gasteiger partial charge in [0.05, 0.1) is 0 Å². The first-order valence-corrected chi connectivity index (χ1v) is 7.24. The van der Waals surface area contributed by atoms with E-state index < -0.39 is 0 Å². The first-order chi connectivity index (χ1) is 8.73. The molecule has 1 amide bonds. The standard InChI is InChI=1S/C14H25N3OS/c1-7-16(8-2)12(18)10(3)17-11(14(4,5)6)9-15-13(17)19/h9-10H,7-8H2,1-6H3,(H,15,19). The zero-order valence-corrected chi connectivity index (χ0v) is 13.6. The lowest BCUT2D eigenvalue weighted by molar-refractivity contribution is -0.134. The Morgan fingerprint density at radius 2 is 1.95 bits per heavy atom. The number of nitrogens with zero attached hydrogens (tertiary/aromatic N) is 2. The van der Waals surface area contributed by atoms with Crippen molar-refractivity contribution in [3.8, 4) is 0 Å². The van der Waals surface area contributed by atoms with Crippen LogP contribution in [0.25, 0.3) is 0 Å². The fourth-order valence-electron chi connectivity index (χ4n) is 2.25. The average molecular weight is 283 g/mol. The first kappa shape index (κ1) is 16.0. The van der Waals surface area contributed by atoms with Gasteiger partial charge in [0, 0.05) is 30.4 Å². The second kappa shape index (κ2) is 5.90. The minimum Gasteiger partial charge on any atom is -0.341 e. The van der Waals surface area contributed by atoms with Crippen LogP contribution < -0.4 is 0 Å². The zero-order valence-electron chi connectivity index (χ0n) is 12.8. The maximum absolute atomic E-state index is 12.5. The zero-order chi connectivity index (χ0) is 14.8. The summed E-state index contributed by atoms with van der Waals surface area (Å²) >= 11 is 5.33. The average Bonchev–Trinajstić information content (AvgIpc) is 2.71. The molecule has 0 saturated heterocycles. The fraction of sp³-hybridized carbons (Fsp3) is 0.714. The molecule has 1 atom stereocenters.